The van der Waals surface area contributed by atoms with Crippen LogP contribution >= 0.6 is 0 Å². The van der Waals surface area contributed by atoms with Crippen molar-refractivity contribution in [3.8, 4) is 0 Å². The van der Waals surface area contributed by atoms with Gasteiger partial charge in [-0.3, -0.25) is 4.79 Å². The van der Waals surface area contributed by atoms with Crippen LogP contribution in [0, 0.1) is 0 Å². The van der Waals surface area contributed by atoms with E-state index >= 15 is 0 Å². The largest absolute Gasteiger partial charge is 0.469 e. The van der Waals surface area contributed by atoms with Crippen molar-refractivity contribution in [2.45, 2.75) is 51.5 Å². The maximum Gasteiger partial charge on any atom is 0.242 e. The fourth-order valence-electron chi connectivity index (χ4n) is 2.77. The van der Waals surface area contributed by atoms with E-state index in [2.05, 4.69) is 20.9 Å². The average Bonchev–Trinajstić information content (AvgIpc) is 3.07. The SMILES string of the molecule is CCNC(=NCC(=O)NC1CCCCC1)NCCc1ccco1. The molecule has 0 spiro atoms. The van der Waals surface area contributed by atoms with E-state index in [0.29, 0.717) is 18.5 Å². The normalized spacial score (nSPS) is 16.1. The number of hydrogen-bond donors (Lipinski definition) is 3. The van der Waals surface area contributed by atoms with Gasteiger partial charge in [-0.25, -0.2) is 4.99 Å². The molecule has 128 valence electrons. The molecule has 0 saturated heterocycles. The van der Waals surface area contributed by atoms with E-state index < -0.39 is 0 Å². The minimum absolute atomic E-state index is 0.000127. The van der Waals surface area contributed by atoms with E-state index in [0.717, 1.165) is 31.6 Å². The fraction of sp³-hybridized carbons (Fsp3) is 0.647. The van der Waals surface area contributed by atoms with Gasteiger partial charge in [0.15, 0.2) is 5.96 Å². The number of carbonyl (C=O) groups is 1. The van der Waals surface area contributed by atoms with Gasteiger partial charge in [0.2, 0.25) is 5.91 Å². The second kappa shape index (κ2) is 9.92. The Morgan fingerprint density at radius 3 is 2.83 bits per heavy atom. The standard InChI is InChI=1S/C17H28N4O2/c1-2-18-17(19-11-10-15-9-6-12-23-15)20-13-16(22)21-14-7-4-3-5-8-14/h6,9,12,14H,2-5,7-8,10-11,13H2,1H3,(H,21,22)(H2,18,19,20). The lowest BCUT2D eigenvalue weighted by Crippen LogP contribution is -2.41. The minimum Gasteiger partial charge on any atom is -0.469 e. The number of nitrogens with one attached hydrogen (secondary N) is 3. The van der Waals surface area contributed by atoms with Gasteiger partial charge in [0.25, 0.3) is 0 Å². The first-order chi connectivity index (χ1) is 11.3. The maximum absolute atomic E-state index is 12.0. The smallest absolute Gasteiger partial charge is 0.242 e. The van der Waals surface area contributed by atoms with E-state index in [4.69, 9.17) is 4.42 Å². The van der Waals surface area contributed by atoms with Gasteiger partial charge in [-0.05, 0) is 31.9 Å². The average molecular weight is 320 g/mol. The predicted octanol–water partition coefficient (Wildman–Crippen LogP) is 1.83. The molecule has 1 saturated carbocycles. The highest BCUT2D eigenvalue weighted by Crippen LogP contribution is 2.17. The Bertz CT molecular complexity index is 479. The van der Waals surface area contributed by atoms with Crippen LogP contribution in [-0.2, 0) is 11.2 Å². The van der Waals surface area contributed by atoms with Crippen LogP contribution in [0.3, 0.4) is 0 Å². The summed E-state index contributed by atoms with van der Waals surface area (Å²) in [6, 6.07) is 4.16. The summed E-state index contributed by atoms with van der Waals surface area (Å²) in [5.74, 6) is 1.60. The summed E-state index contributed by atoms with van der Waals surface area (Å²) < 4.78 is 5.29. The Balaban J connectivity index is 1.71. The number of aliphatic imine (C=N–C) groups is 1. The quantitative estimate of drug-likeness (QED) is 0.529. The van der Waals surface area contributed by atoms with Gasteiger partial charge in [-0.15, -0.1) is 0 Å². The van der Waals surface area contributed by atoms with Gasteiger partial charge < -0.3 is 20.4 Å². The summed E-state index contributed by atoms with van der Waals surface area (Å²) in [6.07, 6.45) is 8.36. The number of hydrogen-bond acceptors (Lipinski definition) is 3. The van der Waals surface area contributed by atoms with Gasteiger partial charge in [0.1, 0.15) is 12.3 Å². The fourth-order valence-corrected chi connectivity index (χ4v) is 2.77. The van der Waals surface area contributed by atoms with E-state index in [-0.39, 0.29) is 12.5 Å². The molecule has 1 fully saturated rings. The summed E-state index contributed by atoms with van der Waals surface area (Å²) in [4.78, 5) is 16.3. The molecular formula is C17H28N4O2. The zero-order chi connectivity index (χ0) is 16.3. The lowest BCUT2D eigenvalue weighted by Gasteiger charge is -2.22. The Morgan fingerprint density at radius 1 is 1.30 bits per heavy atom. The van der Waals surface area contributed by atoms with Crippen LogP contribution in [0.2, 0.25) is 0 Å². The van der Waals surface area contributed by atoms with Crippen LogP contribution in [0.25, 0.3) is 0 Å². The summed E-state index contributed by atoms with van der Waals surface area (Å²) in [5.41, 5.74) is 0. The number of rotatable bonds is 7. The molecule has 0 atom stereocenters. The monoisotopic (exact) mass is 320 g/mol. The number of furan rings is 1. The molecule has 0 unspecified atom stereocenters. The van der Waals surface area contributed by atoms with Gasteiger partial charge in [0, 0.05) is 25.6 Å². The van der Waals surface area contributed by atoms with Crippen molar-refractivity contribution in [2.75, 3.05) is 19.6 Å². The number of guanidine groups is 1. The van der Waals surface area contributed by atoms with Crippen LogP contribution in [0.15, 0.2) is 27.8 Å². The van der Waals surface area contributed by atoms with Crippen molar-refractivity contribution < 1.29 is 9.21 Å². The van der Waals surface area contributed by atoms with Gasteiger partial charge >= 0.3 is 0 Å². The Labute approximate surface area is 138 Å². The third-order valence-corrected chi connectivity index (χ3v) is 3.94. The zero-order valence-corrected chi connectivity index (χ0v) is 13.9. The molecule has 1 aromatic heterocycles. The molecule has 2 rings (SSSR count). The first kappa shape index (κ1) is 17.4. The molecule has 0 aliphatic heterocycles. The molecule has 23 heavy (non-hydrogen) atoms. The van der Waals surface area contributed by atoms with Crippen LogP contribution in [0.5, 0.6) is 0 Å². The van der Waals surface area contributed by atoms with Gasteiger partial charge in [-0.1, -0.05) is 19.3 Å². The third kappa shape index (κ3) is 6.76. The van der Waals surface area contributed by atoms with E-state index in [1.165, 1.54) is 19.3 Å². The van der Waals surface area contributed by atoms with Crippen molar-refractivity contribution in [1.29, 1.82) is 0 Å². The lowest BCUT2D eigenvalue weighted by atomic mass is 9.95. The van der Waals surface area contributed by atoms with Crippen molar-refractivity contribution in [2.24, 2.45) is 4.99 Å². The molecule has 6 nitrogen and oxygen atoms in total. The molecule has 1 heterocycles. The molecule has 0 aromatic carbocycles. The van der Waals surface area contributed by atoms with Crippen LogP contribution in [-0.4, -0.2) is 37.5 Å². The highest BCUT2D eigenvalue weighted by atomic mass is 16.3. The summed E-state index contributed by atoms with van der Waals surface area (Å²) >= 11 is 0. The second-order valence-corrected chi connectivity index (χ2v) is 5.85. The van der Waals surface area contributed by atoms with Crippen LogP contribution < -0.4 is 16.0 Å². The minimum atomic E-state index is 0.000127. The number of amides is 1. The summed E-state index contributed by atoms with van der Waals surface area (Å²) in [7, 11) is 0. The lowest BCUT2D eigenvalue weighted by molar-refractivity contribution is -0.120. The van der Waals surface area contributed by atoms with Crippen molar-refractivity contribution in [3.05, 3.63) is 24.2 Å². The first-order valence-corrected chi connectivity index (χ1v) is 8.62. The van der Waals surface area contributed by atoms with Gasteiger partial charge in [0.05, 0.1) is 6.26 Å². The van der Waals surface area contributed by atoms with Gasteiger partial charge in [-0.2, -0.15) is 0 Å². The van der Waals surface area contributed by atoms with Crippen molar-refractivity contribution in [3.63, 3.8) is 0 Å². The predicted molar refractivity (Wildman–Crippen MR) is 91.4 cm³/mol. The maximum atomic E-state index is 12.0. The molecule has 1 aliphatic carbocycles. The Kier molecular flexibility index (Phi) is 7.49. The molecule has 3 N–H and O–H groups in total. The first-order valence-electron chi connectivity index (χ1n) is 8.62. The molecule has 1 aromatic rings. The Hall–Kier alpha value is -1.98. The van der Waals surface area contributed by atoms with E-state index in [1.807, 2.05) is 19.1 Å². The summed E-state index contributed by atoms with van der Waals surface area (Å²) in [5, 5.41) is 9.45. The molecule has 1 aliphatic rings. The Morgan fingerprint density at radius 2 is 2.13 bits per heavy atom. The third-order valence-electron chi connectivity index (χ3n) is 3.94. The van der Waals surface area contributed by atoms with Crippen molar-refractivity contribution in [1.82, 2.24) is 16.0 Å². The highest BCUT2D eigenvalue weighted by Gasteiger charge is 2.15. The topological polar surface area (TPSA) is 78.7 Å². The van der Waals surface area contributed by atoms with Crippen molar-refractivity contribution >= 4 is 11.9 Å². The molecule has 6 heteroatoms. The number of nitrogens with zero attached hydrogens (tertiary/aromatic N) is 1. The van der Waals surface area contributed by atoms with Crippen LogP contribution in [0.4, 0.5) is 0 Å². The molecular weight excluding hydrogens is 292 g/mol. The zero-order valence-electron chi connectivity index (χ0n) is 13.9. The molecule has 1 amide bonds. The highest BCUT2D eigenvalue weighted by molar-refractivity contribution is 5.85. The molecule has 0 radical (unpaired) electrons. The summed E-state index contributed by atoms with van der Waals surface area (Å²) in [6.45, 7) is 3.64. The molecule has 0 bridgehead atoms. The van der Waals surface area contributed by atoms with Crippen LogP contribution in [0.1, 0.15) is 44.8 Å². The van der Waals surface area contributed by atoms with E-state index in [1.54, 1.807) is 6.26 Å². The number of carbonyl (C=O) groups excluding carboxylic acids is 1. The van der Waals surface area contributed by atoms with E-state index in [9.17, 15) is 4.79 Å². The second-order valence-electron chi connectivity index (χ2n) is 5.85.